The zero-order valence-corrected chi connectivity index (χ0v) is 20.6. The maximum atomic E-state index is 13.1. The van der Waals surface area contributed by atoms with E-state index in [0.717, 1.165) is 41.7 Å². The fourth-order valence-corrected chi connectivity index (χ4v) is 4.95. The maximum Gasteiger partial charge on any atom is 0.310 e. The number of hydrogen-bond donors (Lipinski definition) is 0. The molecular formula is C30H31N3O3. The number of carbonyl (C=O) groups is 2. The van der Waals surface area contributed by atoms with Crippen LogP contribution in [0.15, 0.2) is 78.9 Å². The predicted octanol–water partition coefficient (Wildman–Crippen LogP) is 5.09. The monoisotopic (exact) mass is 481 g/mol. The molecule has 3 aromatic carbocycles. The van der Waals surface area contributed by atoms with Gasteiger partial charge in [0, 0.05) is 31.6 Å². The molecule has 1 saturated heterocycles. The van der Waals surface area contributed by atoms with Gasteiger partial charge in [-0.05, 0) is 55.2 Å². The number of para-hydroxylation sites is 2. The van der Waals surface area contributed by atoms with Crippen molar-refractivity contribution in [3.8, 4) is 0 Å². The average molecular weight is 482 g/mol. The number of esters is 1. The third-order valence-electron chi connectivity index (χ3n) is 6.81. The molecule has 0 radical (unpaired) electrons. The molecule has 0 N–H and O–H groups in total. The third kappa shape index (κ3) is 5.18. The summed E-state index contributed by atoms with van der Waals surface area (Å²) in [6, 6.07) is 26.4. The van der Waals surface area contributed by atoms with Crippen molar-refractivity contribution in [1.82, 2.24) is 14.5 Å². The zero-order valence-electron chi connectivity index (χ0n) is 20.6. The summed E-state index contributed by atoms with van der Waals surface area (Å²) in [6.45, 7) is 3.93. The van der Waals surface area contributed by atoms with E-state index in [0.29, 0.717) is 31.8 Å². The first-order chi connectivity index (χ1) is 17.6. The first-order valence-electron chi connectivity index (χ1n) is 12.7. The summed E-state index contributed by atoms with van der Waals surface area (Å²) < 4.78 is 7.43. The lowest BCUT2D eigenvalue weighted by Crippen LogP contribution is -2.42. The number of piperidine rings is 1. The number of carbonyl (C=O) groups excluding carboxylic acids is 2. The van der Waals surface area contributed by atoms with Crippen molar-refractivity contribution in [2.75, 3.05) is 19.7 Å². The molecule has 36 heavy (non-hydrogen) atoms. The molecular weight excluding hydrogens is 450 g/mol. The molecule has 0 saturated carbocycles. The molecule has 1 aliphatic heterocycles. The van der Waals surface area contributed by atoms with Crippen molar-refractivity contribution < 1.29 is 14.3 Å². The van der Waals surface area contributed by atoms with Crippen LogP contribution in [0.4, 0.5) is 0 Å². The Morgan fingerprint density at radius 1 is 0.944 bits per heavy atom. The van der Waals surface area contributed by atoms with E-state index in [1.165, 1.54) is 5.56 Å². The zero-order chi connectivity index (χ0) is 24.9. The number of amides is 1. The number of benzene rings is 3. The average Bonchev–Trinajstić information content (AvgIpc) is 3.26. The quantitative estimate of drug-likeness (QED) is 0.345. The SMILES string of the molecule is CCOC(=O)C1CCCN(C(=O)c2ccc(Cn3c(Cc4ccccc4)nc4ccccc43)cc2)C1. The minimum Gasteiger partial charge on any atom is -0.466 e. The minimum absolute atomic E-state index is 0.0339. The summed E-state index contributed by atoms with van der Waals surface area (Å²) in [5.41, 5.74) is 5.05. The normalized spacial score (nSPS) is 15.7. The molecule has 5 rings (SSSR count). The van der Waals surface area contributed by atoms with Gasteiger partial charge in [0.2, 0.25) is 0 Å². The first-order valence-corrected chi connectivity index (χ1v) is 12.7. The van der Waals surface area contributed by atoms with Gasteiger partial charge in [0.1, 0.15) is 5.82 Å². The van der Waals surface area contributed by atoms with Gasteiger partial charge < -0.3 is 14.2 Å². The molecule has 4 aromatic rings. The van der Waals surface area contributed by atoms with Gasteiger partial charge in [-0.25, -0.2) is 4.98 Å². The lowest BCUT2D eigenvalue weighted by atomic mass is 9.97. The van der Waals surface area contributed by atoms with Gasteiger partial charge in [0.15, 0.2) is 0 Å². The van der Waals surface area contributed by atoms with Crippen LogP contribution in [0, 0.1) is 5.92 Å². The highest BCUT2D eigenvalue weighted by Gasteiger charge is 2.29. The van der Waals surface area contributed by atoms with E-state index < -0.39 is 0 Å². The number of aromatic nitrogens is 2. The molecule has 2 heterocycles. The molecule has 184 valence electrons. The molecule has 6 nitrogen and oxygen atoms in total. The molecule has 0 spiro atoms. The maximum absolute atomic E-state index is 13.1. The van der Waals surface area contributed by atoms with Crippen molar-refractivity contribution in [2.45, 2.75) is 32.7 Å². The van der Waals surface area contributed by atoms with E-state index in [4.69, 9.17) is 9.72 Å². The van der Waals surface area contributed by atoms with Gasteiger partial charge >= 0.3 is 5.97 Å². The van der Waals surface area contributed by atoms with Crippen molar-refractivity contribution in [1.29, 1.82) is 0 Å². The molecule has 1 aliphatic rings. The van der Waals surface area contributed by atoms with Gasteiger partial charge in [0.25, 0.3) is 5.91 Å². The molecule has 0 bridgehead atoms. The molecule has 1 amide bonds. The molecule has 0 aliphatic carbocycles. The smallest absolute Gasteiger partial charge is 0.310 e. The second-order valence-corrected chi connectivity index (χ2v) is 9.30. The van der Waals surface area contributed by atoms with Crippen LogP contribution in [0.1, 0.15) is 47.1 Å². The Morgan fingerprint density at radius 2 is 1.69 bits per heavy atom. The molecule has 1 fully saturated rings. The Bertz CT molecular complexity index is 1350. The second-order valence-electron chi connectivity index (χ2n) is 9.30. The van der Waals surface area contributed by atoms with E-state index >= 15 is 0 Å². The van der Waals surface area contributed by atoms with Gasteiger partial charge in [-0.3, -0.25) is 9.59 Å². The van der Waals surface area contributed by atoms with Crippen LogP contribution in [0.25, 0.3) is 11.0 Å². The third-order valence-corrected chi connectivity index (χ3v) is 6.81. The van der Waals surface area contributed by atoms with E-state index in [2.05, 4.69) is 34.9 Å². The lowest BCUT2D eigenvalue weighted by Gasteiger charge is -2.31. The van der Waals surface area contributed by atoms with E-state index in [9.17, 15) is 9.59 Å². The Labute approximate surface area is 211 Å². The largest absolute Gasteiger partial charge is 0.466 e. The van der Waals surface area contributed by atoms with Gasteiger partial charge in [-0.2, -0.15) is 0 Å². The lowest BCUT2D eigenvalue weighted by molar-refractivity contribution is -0.149. The molecule has 1 atom stereocenters. The van der Waals surface area contributed by atoms with Crippen molar-refractivity contribution in [2.24, 2.45) is 5.92 Å². The fourth-order valence-electron chi connectivity index (χ4n) is 4.95. The topological polar surface area (TPSA) is 64.4 Å². The number of ether oxygens (including phenoxy) is 1. The Kier molecular flexibility index (Phi) is 7.12. The first kappa shape index (κ1) is 23.8. The summed E-state index contributed by atoms with van der Waals surface area (Å²) in [5, 5.41) is 0. The minimum atomic E-state index is -0.237. The van der Waals surface area contributed by atoms with Crippen LogP contribution in [0.3, 0.4) is 0 Å². The van der Waals surface area contributed by atoms with Gasteiger partial charge in [-0.1, -0.05) is 54.6 Å². The predicted molar refractivity (Wildman–Crippen MR) is 140 cm³/mol. The van der Waals surface area contributed by atoms with Gasteiger partial charge in [0.05, 0.1) is 23.6 Å². The number of hydrogen-bond acceptors (Lipinski definition) is 4. The Hall–Kier alpha value is -3.93. The van der Waals surface area contributed by atoms with Crippen molar-refractivity contribution in [3.05, 3.63) is 101 Å². The highest BCUT2D eigenvalue weighted by molar-refractivity contribution is 5.94. The molecule has 1 aromatic heterocycles. The summed E-state index contributed by atoms with van der Waals surface area (Å²) in [6.07, 6.45) is 2.33. The van der Waals surface area contributed by atoms with Crippen molar-refractivity contribution in [3.63, 3.8) is 0 Å². The summed E-state index contributed by atoms with van der Waals surface area (Å²) in [7, 11) is 0. The summed E-state index contributed by atoms with van der Waals surface area (Å²) >= 11 is 0. The fraction of sp³-hybridized carbons (Fsp3) is 0.300. The van der Waals surface area contributed by atoms with Crippen LogP contribution < -0.4 is 0 Å². The number of rotatable bonds is 7. The number of imidazole rings is 1. The number of likely N-dealkylation sites (tertiary alicyclic amines) is 1. The number of fused-ring (bicyclic) bond motifs is 1. The van der Waals surface area contributed by atoms with E-state index in [-0.39, 0.29) is 17.8 Å². The van der Waals surface area contributed by atoms with Crippen LogP contribution in [0.2, 0.25) is 0 Å². The van der Waals surface area contributed by atoms with Gasteiger partial charge in [-0.15, -0.1) is 0 Å². The molecule has 1 unspecified atom stereocenters. The standard InChI is InChI=1S/C30H31N3O3/c1-2-36-30(35)25-11-8-18-32(21-25)29(34)24-16-14-23(15-17-24)20-33-27-13-7-6-12-26(27)31-28(33)19-22-9-4-3-5-10-22/h3-7,9-10,12-17,25H,2,8,11,18-21H2,1H3. The van der Waals surface area contributed by atoms with E-state index in [1.54, 1.807) is 4.90 Å². The highest BCUT2D eigenvalue weighted by atomic mass is 16.5. The van der Waals surface area contributed by atoms with Crippen LogP contribution in [-0.4, -0.2) is 46.0 Å². The van der Waals surface area contributed by atoms with Crippen LogP contribution >= 0.6 is 0 Å². The van der Waals surface area contributed by atoms with Crippen LogP contribution in [-0.2, 0) is 22.5 Å². The Morgan fingerprint density at radius 3 is 2.47 bits per heavy atom. The van der Waals surface area contributed by atoms with Crippen LogP contribution in [0.5, 0.6) is 0 Å². The second kappa shape index (κ2) is 10.8. The van der Waals surface area contributed by atoms with E-state index in [1.807, 2.05) is 55.5 Å². The Balaban J connectivity index is 1.33. The molecule has 6 heteroatoms. The van der Waals surface area contributed by atoms with Crippen molar-refractivity contribution >= 4 is 22.9 Å². The number of nitrogens with zero attached hydrogens (tertiary/aromatic N) is 3. The highest BCUT2D eigenvalue weighted by Crippen LogP contribution is 2.22. The summed E-state index contributed by atoms with van der Waals surface area (Å²) in [4.78, 5) is 32.0. The summed E-state index contributed by atoms with van der Waals surface area (Å²) in [5.74, 6) is 0.540.